The van der Waals surface area contributed by atoms with Crippen LogP contribution in [-0.4, -0.2) is 22.5 Å². The van der Waals surface area contributed by atoms with E-state index in [9.17, 15) is 9.90 Å². The molecule has 1 unspecified atom stereocenters. The molecule has 7 heteroatoms. The van der Waals surface area contributed by atoms with Crippen molar-refractivity contribution in [2.75, 3.05) is 6.54 Å². The summed E-state index contributed by atoms with van der Waals surface area (Å²) in [6.07, 6.45) is 1.49. The van der Waals surface area contributed by atoms with Crippen LogP contribution in [0.15, 0.2) is 17.6 Å². The standard InChI is InChI=1S/C13H13ClN2O2S2/c14-10-4-3-9(20-10)8(17)5-15-13(18)12-11(7-1-2-7)16-6-19-12/h3-4,6-8,17H,1-2,5H2,(H,15,18). The maximum absolute atomic E-state index is 12.1. The van der Waals surface area contributed by atoms with Gasteiger partial charge in [-0.05, 0) is 25.0 Å². The molecule has 0 radical (unpaired) electrons. The molecule has 1 amide bonds. The van der Waals surface area contributed by atoms with Gasteiger partial charge < -0.3 is 10.4 Å². The fraction of sp³-hybridized carbons (Fsp3) is 0.385. The monoisotopic (exact) mass is 328 g/mol. The number of carbonyl (C=O) groups is 1. The van der Waals surface area contributed by atoms with Crippen LogP contribution in [0.5, 0.6) is 0 Å². The minimum absolute atomic E-state index is 0.156. The van der Waals surface area contributed by atoms with Crippen LogP contribution in [0.25, 0.3) is 0 Å². The number of nitrogens with one attached hydrogen (secondary N) is 1. The van der Waals surface area contributed by atoms with E-state index in [0.29, 0.717) is 15.1 Å². The Morgan fingerprint density at radius 1 is 1.55 bits per heavy atom. The van der Waals surface area contributed by atoms with Crippen LogP contribution in [-0.2, 0) is 0 Å². The molecule has 0 aromatic carbocycles. The van der Waals surface area contributed by atoms with Crippen molar-refractivity contribution < 1.29 is 9.90 Å². The lowest BCUT2D eigenvalue weighted by atomic mass is 10.2. The molecular formula is C13H13ClN2O2S2. The van der Waals surface area contributed by atoms with Crippen molar-refractivity contribution in [3.8, 4) is 0 Å². The lowest BCUT2D eigenvalue weighted by Crippen LogP contribution is -2.28. The molecule has 1 aliphatic rings. The highest BCUT2D eigenvalue weighted by atomic mass is 35.5. The number of halogens is 1. The normalized spacial score (nSPS) is 16.1. The Bertz CT molecular complexity index is 621. The van der Waals surface area contributed by atoms with Crippen molar-refractivity contribution in [3.63, 3.8) is 0 Å². The first kappa shape index (κ1) is 14.0. The Balaban J connectivity index is 1.60. The lowest BCUT2D eigenvalue weighted by Gasteiger charge is -2.10. The zero-order valence-electron chi connectivity index (χ0n) is 10.5. The number of nitrogens with zero attached hydrogens (tertiary/aromatic N) is 1. The van der Waals surface area contributed by atoms with Crippen molar-refractivity contribution >= 4 is 40.2 Å². The van der Waals surface area contributed by atoms with E-state index in [-0.39, 0.29) is 12.5 Å². The van der Waals surface area contributed by atoms with Gasteiger partial charge in [-0.2, -0.15) is 0 Å². The third-order valence-corrected chi connectivity index (χ3v) is 5.32. The molecule has 2 N–H and O–H groups in total. The fourth-order valence-electron chi connectivity index (χ4n) is 1.95. The predicted molar refractivity (Wildman–Crippen MR) is 80.7 cm³/mol. The van der Waals surface area contributed by atoms with Gasteiger partial charge in [-0.25, -0.2) is 4.98 Å². The molecule has 0 bridgehead atoms. The number of thiophene rings is 1. The Hall–Kier alpha value is -0.950. The maximum atomic E-state index is 12.1. The van der Waals surface area contributed by atoms with E-state index in [4.69, 9.17) is 11.6 Å². The molecule has 1 aliphatic carbocycles. The molecule has 2 aromatic rings. The quantitative estimate of drug-likeness (QED) is 0.886. The molecule has 1 atom stereocenters. The van der Waals surface area contributed by atoms with Crippen molar-refractivity contribution in [2.45, 2.75) is 24.9 Å². The summed E-state index contributed by atoms with van der Waals surface area (Å²) in [4.78, 5) is 17.8. The van der Waals surface area contributed by atoms with Gasteiger partial charge in [-0.3, -0.25) is 4.79 Å². The first-order valence-corrected chi connectivity index (χ1v) is 8.37. The van der Waals surface area contributed by atoms with E-state index in [1.54, 1.807) is 17.6 Å². The summed E-state index contributed by atoms with van der Waals surface area (Å²) in [6, 6.07) is 3.51. The number of hydrogen-bond donors (Lipinski definition) is 2. The van der Waals surface area contributed by atoms with Crippen molar-refractivity contribution in [2.24, 2.45) is 0 Å². The van der Waals surface area contributed by atoms with E-state index >= 15 is 0 Å². The van der Waals surface area contributed by atoms with Crippen molar-refractivity contribution in [3.05, 3.63) is 37.4 Å². The largest absolute Gasteiger partial charge is 0.386 e. The maximum Gasteiger partial charge on any atom is 0.263 e. The molecule has 2 heterocycles. The van der Waals surface area contributed by atoms with Gasteiger partial charge in [0, 0.05) is 17.3 Å². The van der Waals surface area contributed by atoms with E-state index in [1.807, 2.05) is 0 Å². The highest BCUT2D eigenvalue weighted by molar-refractivity contribution is 7.16. The number of amides is 1. The summed E-state index contributed by atoms with van der Waals surface area (Å²) in [6.45, 7) is 0.178. The zero-order valence-corrected chi connectivity index (χ0v) is 12.9. The second-order valence-corrected chi connectivity index (χ2v) is 7.31. The second kappa shape index (κ2) is 5.81. The molecule has 4 nitrogen and oxygen atoms in total. The Morgan fingerprint density at radius 2 is 2.35 bits per heavy atom. The Morgan fingerprint density at radius 3 is 3.00 bits per heavy atom. The van der Waals surface area contributed by atoms with Crippen LogP contribution in [0.1, 0.15) is 45.1 Å². The number of hydrogen-bond acceptors (Lipinski definition) is 5. The molecule has 1 saturated carbocycles. The van der Waals surface area contributed by atoms with Crippen molar-refractivity contribution in [1.82, 2.24) is 10.3 Å². The summed E-state index contributed by atoms with van der Waals surface area (Å²) in [7, 11) is 0. The van der Waals surface area contributed by atoms with E-state index in [0.717, 1.165) is 23.4 Å². The molecule has 0 aliphatic heterocycles. The van der Waals surface area contributed by atoms with E-state index < -0.39 is 6.10 Å². The van der Waals surface area contributed by atoms with Gasteiger partial charge in [-0.1, -0.05) is 11.6 Å². The van der Waals surface area contributed by atoms with Crippen LogP contribution in [0, 0.1) is 0 Å². The topological polar surface area (TPSA) is 62.2 Å². The third kappa shape index (κ3) is 3.03. The van der Waals surface area contributed by atoms with E-state index in [1.165, 1.54) is 22.7 Å². The highest BCUT2D eigenvalue weighted by Gasteiger charge is 2.30. The minimum atomic E-state index is -0.728. The number of aliphatic hydroxyl groups is 1. The van der Waals surface area contributed by atoms with Gasteiger partial charge in [0.25, 0.3) is 5.91 Å². The predicted octanol–water partition coefficient (Wildman–Crippen LogP) is 3.20. The number of carbonyl (C=O) groups excluding carboxylic acids is 1. The smallest absolute Gasteiger partial charge is 0.263 e. The van der Waals surface area contributed by atoms with Crippen LogP contribution in [0.4, 0.5) is 0 Å². The van der Waals surface area contributed by atoms with Crippen LogP contribution >= 0.6 is 34.3 Å². The lowest BCUT2D eigenvalue weighted by molar-refractivity contribution is 0.0921. The molecule has 0 saturated heterocycles. The van der Waals surface area contributed by atoms with Gasteiger partial charge in [0.1, 0.15) is 11.0 Å². The Labute approximate surface area is 129 Å². The number of aromatic nitrogens is 1. The van der Waals surface area contributed by atoms with Crippen LogP contribution < -0.4 is 5.32 Å². The van der Waals surface area contributed by atoms with Gasteiger partial charge in [-0.15, -0.1) is 22.7 Å². The molecule has 106 valence electrons. The van der Waals surface area contributed by atoms with Gasteiger partial charge in [0.2, 0.25) is 0 Å². The van der Waals surface area contributed by atoms with Gasteiger partial charge in [0.15, 0.2) is 0 Å². The summed E-state index contributed by atoms with van der Waals surface area (Å²) >= 11 is 8.50. The average Bonchev–Trinajstić information content (AvgIpc) is 2.99. The summed E-state index contributed by atoms with van der Waals surface area (Å²) in [5.74, 6) is 0.291. The van der Waals surface area contributed by atoms with Crippen molar-refractivity contribution in [1.29, 1.82) is 0 Å². The molecule has 20 heavy (non-hydrogen) atoms. The average molecular weight is 329 g/mol. The summed E-state index contributed by atoms with van der Waals surface area (Å²) in [5, 5.41) is 12.8. The van der Waals surface area contributed by atoms with Crippen LogP contribution in [0.3, 0.4) is 0 Å². The Kier molecular flexibility index (Phi) is 4.07. The fourth-order valence-corrected chi connectivity index (χ4v) is 3.79. The molecule has 1 fully saturated rings. The first-order valence-electron chi connectivity index (χ1n) is 6.30. The second-order valence-electron chi connectivity index (χ2n) is 4.71. The number of rotatable bonds is 5. The van der Waals surface area contributed by atoms with Gasteiger partial charge in [0.05, 0.1) is 15.5 Å². The molecule has 0 spiro atoms. The molecular weight excluding hydrogens is 316 g/mol. The minimum Gasteiger partial charge on any atom is -0.386 e. The van der Waals surface area contributed by atoms with Crippen LogP contribution in [0.2, 0.25) is 4.34 Å². The highest BCUT2D eigenvalue weighted by Crippen LogP contribution is 2.41. The molecule has 3 rings (SSSR count). The summed E-state index contributed by atoms with van der Waals surface area (Å²) < 4.78 is 0.629. The zero-order chi connectivity index (χ0) is 14.1. The summed E-state index contributed by atoms with van der Waals surface area (Å²) in [5.41, 5.74) is 2.61. The molecule has 2 aromatic heterocycles. The van der Waals surface area contributed by atoms with Gasteiger partial charge >= 0.3 is 0 Å². The third-order valence-electron chi connectivity index (χ3n) is 3.14. The number of thiazole rings is 1. The SMILES string of the molecule is O=C(NCC(O)c1ccc(Cl)s1)c1scnc1C1CC1. The first-order chi connectivity index (χ1) is 9.65. The number of aliphatic hydroxyl groups excluding tert-OH is 1. The van der Waals surface area contributed by atoms with E-state index in [2.05, 4.69) is 10.3 Å².